The summed E-state index contributed by atoms with van der Waals surface area (Å²) in [5.41, 5.74) is 11.1. The summed E-state index contributed by atoms with van der Waals surface area (Å²) in [6.07, 6.45) is 31.3. The molecule has 0 N–H and O–H groups in total. The highest BCUT2D eigenvalue weighted by Crippen LogP contribution is 2.54. The molecule has 6 fully saturated rings. The van der Waals surface area contributed by atoms with Gasteiger partial charge in [-0.2, -0.15) is 0 Å². The Hall–Kier alpha value is -12.8. The third-order valence-electron chi connectivity index (χ3n) is 32.3. The van der Waals surface area contributed by atoms with E-state index in [9.17, 15) is 17.6 Å². The van der Waals surface area contributed by atoms with Gasteiger partial charge in [-0.15, -0.1) is 0 Å². The predicted octanol–water partition coefficient (Wildman–Crippen LogP) is 37.0. The second-order valence-electron chi connectivity index (χ2n) is 41.6. The lowest BCUT2D eigenvalue weighted by Gasteiger charge is -2.38. The number of hydrogen-bond acceptors (Lipinski definition) is 8. The summed E-state index contributed by atoms with van der Waals surface area (Å²) in [5, 5.41) is 13.1. The van der Waals surface area contributed by atoms with Gasteiger partial charge in [0.05, 0.1) is 0 Å². The highest BCUT2D eigenvalue weighted by atomic mass is 19.1. The summed E-state index contributed by atoms with van der Waals surface area (Å²) in [6, 6.07) is 105. The van der Waals surface area contributed by atoms with Gasteiger partial charge in [0.15, 0.2) is 0 Å². The number of halogens is 4. The van der Waals surface area contributed by atoms with Crippen LogP contribution >= 0.6 is 0 Å². The molecule has 1 heterocycles. The highest BCUT2D eigenvalue weighted by Gasteiger charge is 2.38. The maximum Gasteiger partial charge on any atom is 0.243 e. The van der Waals surface area contributed by atoms with Crippen LogP contribution in [0, 0.1) is 59.0 Å². The van der Waals surface area contributed by atoms with Gasteiger partial charge in [-0.05, 0) is 327 Å². The second kappa shape index (κ2) is 46.9. The van der Waals surface area contributed by atoms with Crippen LogP contribution in [0.3, 0.4) is 0 Å². The minimum absolute atomic E-state index is 0.0889. The largest absolute Gasteiger partial charge is 0.462 e. The van der Waals surface area contributed by atoms with Gasteiger partial charge in [-0.25, -0.2) is 17.6 Å². The van der Waals surface area contributed by atoms with E-state index in [-0.39, 0.29) is 31.5 Å². The maximum atomic E-state index is 13.0. The monoisotopic (exact) mass is 1900 g/mol. The lowest BCUT2D eigenvalue weighted by atomic mass is 9.69. The standard InChI is InChI=1S/C48H50O4.C34H36O2.C22H16F2O2.2C13H17F/c1-33-11-15-35(16-12-33)37-19-25-41(26-20-37)49-31-51-45-29-23-39-7-3-5-9-43(39)47(45)48-44-10-6-4-8-40(44)24-30-46(48)52-32-50-42-27-21-38(22-28-42)36-17-13-34(2)14-18-36;1-22-10-12-23(13-11-22)24-14-16-27(17-15-24)34-35-30-20-18-25-6-2-4-8-28(25)32(30)33-29-9-5-3-7-26(29)19-21-31(33)36-34;23-13-25-19-11-9-15-5-1-3-7-17(15)21(19)22-18-8-4-2-6-16(18)10-12-20(22)26-14-24;2*1-10-2-4-11(5-3-10)12-6-8-13(14)9-7-12/h3-10,19-30,33-36H,11-18,31-32H2,1-2H3;2-9,18-24,27,34H,10-17H2,1H3;1-12H,13-14H2;2*6-11H,2-5H2,1H3. The molecule has 732 valence electrons. The minimum atomic E-state index is -0.949. The van der Waals surface area contributed by atoms with Crippen molar-refractivity contribution in [2.75, 3.05) is 27.3 Å². The highest BCUT2D eigenvalue weighted by molar-refractivity contribution is 6.13. The molecular weight excluding hydrogens is 1770 g/mol. The van der Waals surface area contributed by atoms with Crippen LogP contribution in [-0.4, -0.2) is 33.6 Å². The fourth-order valence-electron chi connectivity index (χ4n) is 23.8. The smallest absolute Gasteiger partial charge is 0.243 e. The van der Waals surface area contributed by atoms with Gasteiger partial charge in [0.2, 0.25) is 33.6 Å². The molecule has 0 radical (unpaired) electrons. The van der Waals surface area contributed by atoms with Gasteiger partial charge in [-0.1, -0.05) is 329 Å². The summed E-state index contributed by atoms with van der Waals surface area (Å²) < 4.78 is 101. The van der Waals surface area contributed by atoms with Crippen molar-refractivity contribution in [1.29, 1.82) is 0 Å². The maximum absolute atomic E-state index is 13.0. The summed E-state index contributed by atoms with van der Waals surface area (Å²) >= 11 is 0. The van der Waals surface area contributed by atoms with E-state index in [0.29, 0.717) is 52.2 Å². The number of fused-ring (bicyclic) bond motifs is 11. The van der Waals surface area contributed by atoms with Crippen molar-refractivity contribution in [3.63, 3.8) is 0 Å². The number of alkyl halides is 2. The predicted molar refractivity (Wildman–Crippen MR) is 575 cm³/mol. The minimum Gasteiger partial charge on any atom is -0.462 e. The van der Waals surface area contributed by atoms with Crippen LogP contribution in [0.1, 0.15) is 235 Å². The summed E-state index contributed by atoms with van der Waals surface area (Å²) in [5.74, 6) is 14.8. The molecule has 0 aromatic heterocycles. The van der Waals surface area contributed by atoms with Crippen molar-refractivity contribution < 1.29 is 55.5 Å². The molecule has 0 amide bonds. The fourth-order valence-corrected chi connectivity index (χ4v) is 23.8. The van der Waals surface area contributed by atoms with Crippen LogP contribution in [-0.2, 0) is 0 Å². The molecule has 0 bridgehead atoms. The normalized spacial score (nSPS) is 21.6. The van der Waals surface area contributed by atoms with Crippen molar-refractivity contribution in [3.8, 4) is 79.4 Å². The van der Waals surface area contributed by atoms with E-state index >= 15 is 0 Å². The Balaban J connectivity index is 0.000000123. The second-order valence-corrected chi connectivity index (χ2v) is 41.6. The Labute approximate surface area is 836 Å². The molecule has 16 aromatic rings. The molecule has 23 rings (SSSR count). The van der Waals surface area contributed by atoms with E-state index < -0.39 is 13.7 Å². The van der Waals surface area contributed by atoms with Crippen molar-refractivity contribution in [1.82, 2.24) is 0 Å². The molecule has 8 nitrogen and oxygen atoms in total. The Morgan fingerprint density at radius 2 is 0.444 bits per heavy atom. The van der Waals surface area contributed by atoms with Crippen LogP contribution in [0.4, 0.5) is 17.6 Å². The molecule has 0 unspecified atom stereocenters. The summed E-state index contributed by atoms with van der Waals surface area (Å²) in [4.78, 5) is 0. The molecule has 1 aliphatic heterocycles. The van der Waals surface area contributed by atoms with E-state index in [4.69, 9.17) is 37.9 Å². The first kappa shape index (κ1) is 98.0. The average Bonchev–Trinajstić information content (AvgIpc) is 1.52. The first-order valence-corrected chi connectivity index (χ1v) is 52.7. The Bertz CT molecular complexity index is 6440. The molecule has 16 aromatic carbocycles. The quantitative estimate of drug-likeness (QED) is 0.0552. The molecule has 12 heteroatoms. The number of benzene rings is 16. The average molecular weight is 1900 g/mol. The molecule has 142 heavy (non-hydrogen) atoms. The van der Waals surface area contributed by atoms with E-state index in [1.807, 2.05) is 97.1 Å². The zero-order valence-corrected chi connectivity index (χ0v) is 83.1. The number of ether oxygens (including phenoxy) is 8. The Kier molecular flexibility index (Phi) is 32.4. The number of rotatable bonds is 20. The Morgan fingerprint density at radius 3 is 0.718 bits per heavy atom. The van der Waals surface area contributed by atoms with Gasteiger partial charge in [0.25, 0.3) is 0 Å². The summed E-state index contributed by atoms with van der Waals surface area (Å²) in [6.45, 7) is 10.1. The lowest BCUT2D eigenvalue weighted by molar-refractivity contribution is -0.0564. The molecular formula is C130H136F4O8. The molecule has 0 saturated heterocycles. The van der Waals surface area contributed by atoms with Gasteiger partial charge >= 0.3 is 0 Å². The van der Waals surface area contributed by atoms with E-state index in [2.05, 4.69) is 217 Å². The Morgan fingerprint density at radius 1 is 0.218 bits per heavy atom. The third kappa shape index (κ3) is 23.6. The van der Waals surface area contributed by atoms with Crippen LogP contribution in [0.2, 0.25) is 0 Å². The van der Waals surface area contributed by atoms with Crippen molar-refractivity contribution in [2.45, 2.75) is 219 Å². The molecule has 0 atom stereocenters. The van der Waals surface area contributed by atoms with Gasteiger partial charge in [0.1, 0.15) is 57.6 Å². The summed E-state index contributed by atoms with van der Waals surface area (Å²) in [7, 11) is 0. The molecule has 6 aliphatic carbocycles. The van der Waals surface area contributed by atoms with Crippen LogP contribution in [0.15, 0.2) is 315 Å². The van der Waals surface area contributed by atoms with Crippen molar-refractivity contribution >= 4 is 64.6 Å². The number of hydrogen-bond donors (Lipinski definition) is 0. The van der Waals surface area contributed by atoms with Crippen molar-refractivity contribution in [2.24, 2.45) is 47.3 Å². The first-order chi connectivity index (χ1) is 69.7. The van der Waals surface area contributed by atoms with Crippen LogP contribution < -0.4 is 37.9 Å². The first-order valence-electron chi connectivity index (χ1n) is 52.7. The van der Waals surface area contributed by atoms with Crippen molar-refractivity contribution in [3.05, 3.63) is 349 Å². The SMILES string of the molecule is CC1CCC(C2CCC(C3Oc4ccc5ccccc5c4-c4c(ccc5ccccc45)O3)CC2)CC1.CC1CCC(c2ccc(F)cc2)CC1.CC1CCC(c2ccc(F)cc2)CC1.CC1CCC(c2ccc(OCOc3ccc4ccccc4c3-c3c(OCOc4ccc(C5CCC(C)CC5)cc4)ccc4ccccc34)cc2)CC1.FCOc1ccc2ccccc2c1-c1c(OCF)ccc2ccccc12. The topological polar surface area (TPSA) is 73.8 Å². The lowest BCUT2D eigenvalue weighted by Crippen LogP contribution is -2.36. The van der Waals surface area contributed by atoms with E-state index in [0.717, 1.165) is 130 Å². The third-order valence-corrected chi connectivity index (χ3v) is 32.3. The van der Waals surface area contributed by atoms with Gasteiger partial charge in [0, 0.05) is 39.3 Å². The fraction of sp³-hybridized carbons (Fsp3) is 0.354. The van der Waals surface area contributed by atoms with Gasteiger partial charge in [-0.3, -0.25) is 0 Å². The van der Waals surface area contributed by atoms with Crippen LogP contribution in [0.25, 0.3) is 98.0 Å². The zero-order valence-electron chi connectivity index (χ0n) is 83.1. The zero-order chi connectivity index (χ0) is 97.2. The molecule has 6 saturated carbocycles. The van der Waals surface area contributed by atoms with Crippen LogP contribution in [0.5, 0.6) is 46.0 Å². The molecule has 0 spiro atoms. The van der Waals surface area contributed by atoms with E-state index in [1.54, 1.807) is 36.4 Å². The molecule has 7 aliphatic rings. The van der Waals surface area contributed by atoms with Gasteiger partial charge < -0.3 is 37.9 Å². The van der Waals surface area contributed by atoms with E-state index in [1.165, 1.54) is 209 Å².